The first-order valence-corrected chi connectivity index (χ1v) is 7.92. The van der Waals surface area contributed by atoms with E-state index >= 15 is 0 Å². The molecular weight excluding hydrogens is 272 g/mol. The van der Waals surface area contributed by atoms with Crippen LogP contribution in [0.1, 0.15) is 33.1 Å². The van der Waals surface area contributed by atoms with Crippen molar-refractivity contribution in [3.05, 3.63) is 0 Å². The van der Waals surface area contributed by atoms with E-state index in [4.69, 9.17) is 9.47 Å². The largest absolute Gasteiger partial charge is 0.465 e. The van der Waals surface area contributed by atoms with Gasteiger partial charge in [0, 0.05) is 13.1 Å². The van der Waals surface area contributed by atoms with Crippen LogP contribution in [0.5, 0.6) is 0 Å². The number of carbonyl (C=O) groups is 2. The zero-order chi connectivity index (χ0) is 15.2. The summed E-state index contributed by atoms with van der Waals surface area (Å²) in [5.74, 6) is -0.110. The summed E-state index contributed by atoms with van der Waals surface area (Å²) in [4.78, 5) is 28.2. The Morgan fingerprint density at radius 3 is 2.81 bits per heavy atom. The maximum absolute atomic E-state index is 12.4. The number of carbonyl (C=O) groups excluding carboxylic acids is 2. The summed E-state index contributed by atoms with van der Waals surface area (Å²) in [7, 11) is 0. The zero-order valence-corrected chi connectivity index (χ0v) is 13.0. The van der Waals surface area contributed by atoms with E-state index in [0.717, 1.165) is 25.8 Å². The van der Waals surface area contributed by atoms with Gasteiger partial charge in [-0.2, -0.15) is 0 Å². The number of piperidine rings is 1. The molecular formula is C15H26N2O4. The van der Waals surface area contributed by atoms with Gasteiger partial charge in [0.15, 0.2) is 0 Å². The van der Waals surface area contributed by atoms with E-state index in [0.29, 0.717) is 32.8 Å². The zero-order valence-electron chi connectivity index (χ0n) is 13.0. The van der Waals surface area contributed by atoms with Gasteiger partial charge in [0.1, 0.15) is 6.04 Å². The highest BCUT2D eigenvalue weighted by Crippen LogP contribution is 2.18. The maximum atomic E-state index is 12.4. The Hall–Kier alpha value is -1.14. The van der Waals surface area contributed by atoms with Gasteiger partial charge < -0.3 is 14.4 Å². The van der Waals surface area contributed by atoms with Gasteiger partial charge in [0.2, 0.25) is 5.91 Å². The summed E-state index contributed by atoms with van der Waals surface area (Å²) in [6.45, 7) is 7.13. The molecule has 0 spiro atoms. The normalized spacial score (nSPS) is 27.4. The lowest BCUT2D eigenvalue weighted by Gasteiger charge is -2.36. The van der Waals surface area contributed by atoms with E-state index in [-0.39, 0.29) is 24.0 Å². The van der Waals surface area contributed by atoms with Crippen LogP contribution in [0.25, 0.3) is 0 Å². The standard InChI is InChI=1S/C15H26N2O4/c1-3-20-15(19)13-6-4-5-7-16(13)11-14(18)17-8-9-21-12(2)10-17/h12-13H,3-11H2,1-2H3. The minimum atomic E-state index is -0.263. The highest BCUT2D eigenvalue weighted by atomic mass is 16.5. The predicted octanol–water partition coefficient (Wildman–Crippen LogP) is 0.651. The molecule has 0 aromatic carbocycles. The molecule has 6 nitrogen and oxygen atoms in total. The molecule has 2 heterocycles. The lowest BCUT2D eigenvalue weighted by atomic mass is 10.0. The molecule has 0 aromatic heterocycles. The van der Waals surface area contributed by atoms with E-state index in [1.807, 2.05) is 23.6 Å². The molecule has 1 amide bonds. The minimum Gasteiger partial charge on any atom is -0.465 e. The van der Waals surface area contributed by atoms with Crippen molar-refractivity contribution in [3.8, 4) is 0 Å². The molecule has 2 rings (SSSR count). The van der Waals surface area contributed by atoms with Gasteiger partial charge in [-0.05, 0) is 33.2 Å². The maximum Gasteiger partial charge on any atom is 0.323 e. The topological polar surface area (TPSA) is 59.1 Å². The molecule has 0 aromatic rings. The molecule has 120 valence electrons. The summed E-state index contributed by atoms with van der Waals surface area (Å²) in [6, 6.07) is -0.263. The Morgan fingerprint density at radius 1 is 1.29 bits per heavy atom. The Bertz CT molecular complexity index is 375. The number of hydrogen-bond donors (Lipinski definition) is 0. The highest BCUT2D eigenvalue weighted by Gasteiger charge is 2.32. The number of rotatable bonds is 4. The van der Waals surface area contributed by atoms with Crippen LogP contribution < -0.4 is 0 Å². The molecule has 2 atom stereocenters. The van der Waals surface area contributed by atoms with Crippen molar-refractivity contribution < 1.29 is 19.1 Å². The van der Waals surface area contributed by atoms with Crippen molar-refractivity contribution >= 4 is 11.9 Å². The van der Waals surface area contributed by atoms with Gasteiger partial charge in [-0.25, -0.2) is 0 Å². The van der Waals surface area contributed by atoms with Crippen LogP contribution >= 0.6 is 0 Å². The Morgan fingerprint density at radius 2 is 2.10 bits per heavy atom. The van der Waals surface area contributed by atoms with E-state index in [2.05, 4.69) is 0 Å². The number of esters is 1. The van der Waals surface area contributed by atoms with Crippen LogP contribution in [0.15, 0.2) is 0 Å². The smallest absolute Gasteiger partial charge is 0.323 e. The SMILES string of the molecule is CCOC(=O)C1CCCCN1CC(=O)N1CCOC(C)C1. The monoisotopic (exact) mass is 298 g/mol. The molecule has 0 bridgehead atoms. The fourth-order valence-corrected chi connectivity index (χ4v) is 3.00. The molecule has 2 fully saturated rings. The average Bonchev–Trinajstić information content (AvgIpc) is 2.48. The summed E-state index contributed by atoms with van der Waals surface area (Å²) >= 11 is 0. The van der Waals surface area contributed by atoms with Crippen molar-refractivity contribution in [1.82, 2.24) is 9.80 Å². The number of nitrogens with zero attached hydrogens (tertiary/aromatic N) is 2. The predicted molar refractivity (Wildman–Crippen MR) is 77.8 cm³/mol. The molecule has 0 saturated carbocycles. The quantitative estimate of drug-likeness (QED) is 0.713. The minimum absolute atomic E-state index is 0.0846. The number of morpholine rings is 1. The van der Waals surface area contributed by atoms with Crippen molar-refractivity contribution in [1.29, 1.82) is 0 Å². The first-order chi connectivity index (χ1) is 10.1. The Balaban J connectivity index is 1.92. The molecule has 2 aliphatic rings. The van der Waals surface area contributed by atoms with Crippen LogP contribution in [0, 0.1) is 0 Å². The number of amides is 1. The second-order valence-corrected chi connectivity index (χ2v) is 5.76. The molecule has 2 aliphatic heterocycles. The van der Waals surface area contributed by atoms with Crippen molar-refractivity contribution in [2.24, 2.45) is 0 Å². The van der Waals surface area contributed by atoms with Crippen LogP contribution in [-0.2, 0) is 19.1 Å². The first-order valence-electron chi connectivity index (χ1n) is 7.92. The van der Waals surface area contributed by atoms with E-state index in [1.54, 1.807) is 0 Å². The van der Waals surface area contributed by atoms with Crippen LogP contribution in [0.3, 0.4) is 0 Å². The number of likely N-dealkylation sites (tertiary alicyclic amines) is 1. The lowest BCUT2D eigenvalue weighted by molar-refractivity contribution is -0.152. The molecule has 21 heavy (non-hydrogen) atoms. The van der Waals surface area contributed by atoms with Gasteiger partial charge in [0.25, 0.3) is 0 Å². The summed E-state index contributed by atoms with van der Waals surface area (Å²) < 4.78 is 10.6. The van der Waals surface area contributed by atoms with Gasteiger partial charge in [-0.15, -0.1) is 0 Å². The third kappa shape index (κ3) is 4.41. The summed E-state index contributed by atoms with van der Waals surface area (Å²) in [5.41, 5.74) is 0. The number of hydrogen-bond acceptors (Lipinski definition) is 5. The molecule has 0 N–H and O–H groups in total. The molecule has 0 aliphatic carbocycles. The molecule has 6 heteroatoms. The van der Waals surface area contributed by atoms with Gasteiger partial charge in [-0.3, -0.25) is 14.5 Å². The van der Waals surface area contributed by atoms with Gasteiger partial charge >= 0.3 is 5.97 Å². The lowest BCUT2D eigenvalue weighted by Crippen LogP contribution is -2.53. The summed E-state index contributed by atoms with van der Waals surface area (Å²) in [6.07, 6.45) is 2.92. The molecule has 0 radical (unpaired) electrons. The number of ether oxygens (including phenoxy) is 2. The van der Waals surface area contributed by atoms with Crippen LogP contribution in [-0.4, -0.2) is 73.2 Å². The molecule has 2 unspecified atom stereocenters. The van der Waals surface area contributed by atoms with Crippen LogP contribution in [0.4, 0.5) is 0 Å². The Kier molecular flexibility index (Phi) is 5.99. The highest BCUT2D eigenvalue weighted by molar-refractivity contribution is 5.81. The second-order valence-electron chi connectivity index (χ2n) is 5.76. The van der Waals surface area contributed by atoms with E-state index in [9.17, 15) is 9.59 Å². The fourth-order valence-electron chi connectivity index (χ4n) is 3.00. The summed E-state index contributed by atoms with van der Waals surface area (Å²) in [5, 5.41) is 0. The van der Waals surface area contributed by atoms with Crippen LogP contribution in [0.2, 0.25) is 0 Å². The van der Waals surface area contributed by atoms with Gasteiger partial charge in [-0.1, -0.05) is 6.42 Å². The third-order valence-corrected chi connectivity index (χ3v) is 4.10. The van der Waals surface area contributed by atoms with E-state index in [1.165, 1.54) is 0 Å². The van der Waals surface area contributed by atoms with Gasteiger partial charge in [0.05, 0.1) is 25.9 Å². The second kappa shape index (κ2) is 7.75. The fraction of sp³-hybridized carbons (Fsp3) is 0.867. The van der Waals surface area contributed by atoms with E-state index < -0.39 is 0 Å². The third-order valence-electron chi connectivity index (χ3n) is 4.10. The van der Waals surface area contributed by atoms with Crippen molar-refractivity contribution in [2.75, 3.05) is 39.4 Å². The first kappa shape index (κ1) is 16.2. The molecule has 2 saturated heterocycles. The Labute approximate surface area is 126 Å². The van der Waals surface area contributed by atoms with Crippen molar-refractivity contribution in [2.45, 2.75) is 45.3 Å². The average molecular weight is 298 g/mol. The van der Waals surface area contributed by atoms with Crippen molar-refractivity contribution in [3.63, 3.8) is 0 Å².